The summed E-state index contributed by atoms with van der Waals surface area (Å²) in [5.41, 5.74) is 0. The number of nitrogens with zero attached hydrogens (tertiary/aromatic N) is 1. The Morgan fingerprint density at radius 1 is 1.38 bits per heavy atom. The van der Waals surface area contributed by atoms with Crippen LogP contribution in [0, 0.1) is 17.8 Å². The van der Waals surface area contributed by atoms with Crippen LogP contribution in [-0.2, 0) is 0 Å². The number of fused-ring (bicyclic) bond motifs is 3. The minimum Gasteiger partial charge on any atom is -0.396 e. The summed E-state index contributed by atoms with van der Waals surface area (Å²) in [5.74, 6) is 2.36. The van der Waals surface area contributed by atoms with Crippen LogP contribution < -0.4 is 0 Å². The van der Waals surface area contributed by atoms with Gasteiger partial charge in [0, 0.05) is 13.2 Å². The van der Waals surface area contributed by atoms with Gasteiger partial charge in [-0.15, -0.1) is 0 Å². The van der Waals surface area contributed by atoms with Gasteiger partial charge in [-0.2, -0.15) is 0 Å². The normalized spacial score (nSPS) is 40.6. The van der Waals surface area contributed by atoms with Crippen LogP contribution in [-0.4, -0.2) is 36.2 Å². The van der Waals surface area contributed by atoms with Gasteiger partial charge >= 0.3 is 0 Å². The second kappa shape index (κ2) is 3.97. The second-order valence-corrected chi connectivity index (χ2v) is 4.92. The van der Waals surface area contributed by atoms with Crippen molar-refractivity contribution in [2.45, 2.75) is 26.2 Å². The number of aliphatic hydroxyl groups is 1. The maximum absolute atomic E-state index is 9.02. The van der Waals surface area contributed by atoms with E-state index in [1.807, 2.05) is 0 Å². The maximum atomic E-state index is 9.02. The third-order valence-electron chi connectivity index (χ3n) is 3.81. The van der Waals surface area contributed by atoms with Crippen LogP contribution >= 0.6 is 0 Å². The van der Waals surface area contributed by atoms with Crippen molar-refractivity contribution in [3.63, 3.8) is 0 Å². The quantitative estimate of drug-likeness (QED) is 0.714. The maximum Gasteiger partial charge on any atom is 0.0456 e. The van der Waals surface area contributed by atoms with Crippen LogP contribution in [0.4, 0.5) is 0 Å². The topological polar surface area (TPSA) is 23.5 Å². The van der Waals surface area contributed by atoms with Crippen LogP contribution in [0.2, 0.25) is 0 Å². The lowest BCUT2D eigenvalue weighted by Crippen LogP contribution is -2.47. The average Bonchev–Trinajstić information content (AvgIpc) is 2.19. The van der Waals surface area contributed by atoms with Crippen LogP contribution in [0.15, 0.2) is 0 Å². The fourth-order valence-corrected chi connectivity index (χ4v) is 2.95. The molecule has 2 nitrogen and oxygen atoms in total. The van der Waals surface area contributed by atoms with E-state index in [4.69, 9.17) is 5.11 Å². The number of hydrogen-bond donors (Lipinski definition) is 1. The van der Waals surface area contributed by atoms with Crippen molar-refractivity contribution in [2.75, 3.05) is 26.2 Å². The Balaban J connectivity index is 1.86. The van der Waals surface area contributed by atoms with E-state index in [-0.39, 0.29) is 0 Å². The van der Waals surface area contributed by atoms with E-state index < -0.39 is 0 Å². The first-order chi connectivity index (χ1) is 6.29. The average molecular weight is 183 g/mol. The minimum atomic E-state index is 0.364. The first-order valence-corrected chi connectivity index (χ1v) is 5.63. The highest BCUT2D eigenvalue weighted by atomic mass is 16.3. The van der Waals surface area contributed by atoms with Gasteiger partial charge in [0.15, 0.2) is 0 Å². The lowest BCUT2D eigenvalue weighted by Gasteiger charge is -2.45. The number of hydrogen-bond acceptors (Lipinski definition) is 2. The molecule has 3 fully saturated rings. The SMILES string of the molecule is CC(CO)CC1CN2CCC1CC2. The van der Waals surface area contributed by atoms with Crippen molar-refractivity contribution >= 4 is 0 Å². The molecular weight excluding hydrogens is 162 g/mol. The van der Waals surface area contributed by atoms with Crippen LogP contribution in [0.25, 0.3) is 0 Å². The van der Waals surface area contributed by atoms with E-state index in [1.165, 1.54) is 38.9 Å². The highest BCUT2D eigenvalue weighted by molar-refractivity contribution is 4.86. The van der Waals surface area contributed by atoms with Gasteiger partial charge < -0.3 is 10.0 Å². The Hall–Kier alpha value is -0.0800. The standard InChI is InChI=1S/C11H21NO/c1-9(8-13)6-11-7-12-4-2-10(11)3-5-12/h9-11,13H,2-8H2,1H3. The van der Waals surface area contributed by atoms with Crippen molar-refractivity contribution in [1.82, 2.24) is 4.90 Å². The molecule has 0 aromatic carbocycles. The molecule has 2 atom stereocenters. The summed E-state index contributed by atoms with van der Waals surface area (Å²) in [6.07, 6.45) is 4.04. The molecule has 0 aliphatic carbocycles. The van der Waals surface area contributed by atoms with Gasteiger partial charge in [-0.1, -0.05) is 6.92 Å². The van der Waals surface area contributed by atoms with Crippen molar-refractivity contribution in [3.05, 3.63) is 0 Å². The third kappa shape index (κ3) is 2.05. The Labute approximate surface area is 80.9 Å². The Bertz CT molecular complexity index is 163. The molecule has 3 aliphatic heterocycles. The predicted octanol–water partition coefficient (Wildman–Crippen LogP) is 1.35. The molecule has 3 saturated heterocycles. The number of rotatable bonds is 3. The molecule has 3 rings (SSSR count). The summed E-state index contributed by atoms with van der Waals surface area (Å²) in [6, 6.07) is 0. The summed E-state index contributed by atoms with van der Waals surface area (Å²) in [5, 5.41) is 9.02. The number of aliphatic hydroxyl groups excluding tert-OH is 1. The Morgan fingerprint density at radius 2 is 2.08 bits per heavy atom. The van der Waals surface area contributed by atoms with E-state index in [1.54, 1.807) is 0 Å². The first-order valence-electron chi connectivity index (χ1n) is 5.63. The minimum absolute atomic E-state index is 0.364. The van der Waals surface area contributed by atoms with Gasteiger partial charge in [0.2, 0.25) is 0 Å². The number of piperidine rings is 3. The highest BCUT2D eigenvalue weighted by Gasteiger charge is 2.34. The Kier molecular flexibility index (Phi) is 2.89. The summed E-state index contributed by atoms with van der Waals surface area (Å²) >= 11 is 0. The van der Waals surface area contributed by atoms with Crippen molar-refractivity contribution < 1.29 is 5.11 Å². The van der Waals surface area contributed by atoms with Crippen LogP contribution in [0.5, 0.6) is 0 Å². The third-order valence-corrected chi connectivity index (χ3v) is 3.81. The molecule has 0 amide bonds. The van der Waals surface area contributed by atoms with Gasteiger partial charge in [-0.3, -0.25) is 0 Å². The summed E-state index contributed by atoms with van der Waals surface area (Å²) in [6.45, 7) is 6.49. The van der Waals surface area contributed by atoms with Gasteiger partial charge in [0.05, 0.1) is 0 Å². The van der Waals surface area contributed by atoms with E-state index in [2.05, 4.69) is 11.8 Å². The molecule has 3 heterocycles. The largest absolute Gasteiger partial charge is 0.396 e. The van der Waals surface area contributed by atoms with E-state index in [9.17, 15) is 0 Å². The van der Waals surface area contributed by atoms with Gasteiger partial charge in [-0.25, -0.2) is 0 Å². The highest BCUT2D eigenvalue weighted by Crippen LogP contribution is 2.35. The summed E-state index contributed by atoms with van der Waals surface area (Å²) in [7, 11) is 0. The molecule has 0 aromatic heterocycles. The lowest BCUT2D eigenvalue weighted by molar-refractivity contribution is 0.0341. The monoisotopic (exact) mass is 183 g/mol. The zero-order chi connectivity index (χ0) is 9.26. The van der Waals surface area contributed by atoms with Gasteiger partial charge in [0.25, 0.3) is 0 Å². The molecule has 3 aliphatic rings. The predicted molar refractivity (Wildman–Crippen MR) is 53.5 cm³/mol. The molecule has 13 heavy (non-hydrogen) atoms. The smallest absolute Gasteiger partial charge is 0.0456 e. The molecule has 2 bridgehead atoms. The molecule has 2 heteroatoms. The molecule has 0 aromatic rings. The van der Waals surface area contributed by atoms with Gasteiger partial charge in [-0.05, 0) is 50.1 Å². The van der Waals surface area contributed by atoms with E-state index >= 15 is 0 Å². The van der Waals surface area contributed by atoms with Crippen LogP contribution in [0.3, 0.4) is 0 Å². The second-order valence-electron chi connectivity index (χ2n) is 4.92. The fourth-order valence-electron chi connectivity index (χ4n) is 2.95. The van der Waals surface area contributed by atoms with Crippen molar-refractivity contribution in [1.29, 1.82) is 0 Å². The molecule has 0 spiro atoms. The zero-order valence-corrected chi connectivity index (χ0v) is 8.58. The molecule has 0 radical (unpaired) electrons. The summed E-state index contributed by atoms with van der Waals surface area (Å²) in [4.78, 5) is 2.59. The molecular formula is C11H21NO. The van der Waals surface area contributed by atoms with E-state index in [0.29, 0.717) is 12.5 Å². The summed E-state index contributed by atoms with van der Waals surface area (Å²) < 4.78 is 0. The van der Waals surface area contributed by atoms with Gasteiger partial charge in [0.1, 0.15) is 0 Å². The van der Waals surface area contributed by atoms with E-state index in [0.717, 1.165) is 11.8 Å². The zero-order valence-electron chi connectivity index (χ0n) is 8.58. The molecule has 0 saturated carbocycles. The van der Waals surface area contributed by atoms with Crippen molar-refractivity contribution in [2.24, 2.45) is 17.8 Å². The lowest BCUT2D eigenvalue weighted by atomic mass is 9.75. The fraction of sp³-hybridized carbons (Fsp3) is 1.00. The molecule has 2 unspecified atom stereocenters. The molecule has 1 N–H and O–H groups in total. The van der Waals surface area contributed by atoms with Crippen LogP contribution in [0.1, 0.15) is 26.2 Å². The molecule has 76 valence electrons. The Morgan fingerprint density at radius 3 is 2.54 bits per heavy atom. The van der Waals surface area contributed by atoms with Crippen molar-refractivity contribution in [3.8, 4) is 0 Å². The first kappa shape index (κ1) is 9.47.